The minimum absolute atomic E-state index is 0.775. The summed E-state index contributed by atoms with van der Waals surface area (Å²) >= 11 is 5.71. The van der Waals surface area contributed by atoms with Crippen LogP contribution in [0.2, 0.25) is 5.02 Å². The molecule has 1 aromatic rings. The molecule has 0 nitrogen and oxygen atoms in total. The summed E-state index contributed by atoms with van der Waals surface area (Å²) in [7, 11) is 0. The summed E-state index contributed by atoms with van der Waals surface area (Å²) in [6, 6.07) is 7.72. The molecule has 0 atom stereocenters. The lowest BCUT2D eigenvalue weighted by Gasteiger charge is -1.91. The van der Waals surface area contributed by atoms with Gasteiger partial charge >= 0.3 is 0 Å². The molecule has 11 heavy (non-hydrogen) atoms. The first kappa shape index (κ1) is 8.35. The van der Waals surface area contributed by atoms with Crippen molar-refractivity contribution in [1.82, 2.24) is 0 Å². The molecule has 0 bridgehead atoms. The number of benzene rings is 1. The highest BCUT2D eigenvalue weighted by Gasteiger charge is 1.85. The van der Waals surface area contributed by atoms with Gasteiger partial charge in [0.15, 0.2) is 0 Å². The van der Waals surface area contributed by atoms with Crippen LogP contribution in [0.25, 0.3) is 6.08 Å². The lowest BCUT2D eigenvalue weighted by Crippen LogP contribution is -1.69. The molecule has 1 radical (unpaired) electrons. The Morgan fingerprint density at radius 2 is 1.91 bits per heavy atom. The largest absolute Gasteiger partial charge is 0.0843 e. The molecule has 0 saturated carbocycles. The Morgan fingerprint density at radius 1 is 1.27 bits per heavy atom. The second kappa shape index (κ2) is 4.20. The van der Waals surface area contributed by atoms with Crippen molar-refractivity contribution in [3.8, 4) is 0 Å². The monoisotopic (exact) mass is 165 g/mol. The van der Waals surface area contributed by atoms with Gasteiger partial charge in [-0.2, -0.15) is 0 Å². The van der Waals surface area contributed by atoms with Crippen LogP contribution in [0.1, 0.15) is 12.0 Å². The van der Waals surface area contributed by atoms with Crippen molar-refractivity contribution in [3.05, 3.63) is 47.9 Å². The van der Waals surface area contributed by atoms with E-state index < -0.39 is 0 Å². The first-order valence-electron chi connectivity index (χ1n) is 3.54. The van der Waals surface area contributed by atoms with Gasteiger partial charge in [-0.3, -0.25) is 0 Å². The minimum atomic E-state index is 0.775. The van der Waals surface area contributed by atoms with Crippen LogP contribution in [0, 0.1) is 6.92 Å². The molecule has 1 aromatic carbocycles. The topological polar surface area (TPSA) is 0 Å². The molecular weight excluding hydrogens is 156 g/mol. The van der Waals surface area contributed by atoms with Crippen molar-refractivity contribution < 1.29 is 0 Å². The van der Waals surface area contributed by atoms with E-state index in [4.69, 9.17) is 11.6 Å². The number of rotatable bonds is 2. The van der Waals surface area contributed by atoms with Crippen LogP contribution in [0.15, 0.2) is 30.3 Å². The maximum absolute atomic E-state index is 5.71. The predicted molar refractivity (Wildman–Crippen MR) is 50.5 cm³/mol. The average Bonchev–Trinajstić information content (AvgIpc) is 2.04. The van der Waals surface area contributed by atoms with Gasteiger partial charge in [0.1, 0.15) is 0 Å². The van der Waals surface area contributed by atoms with E-state index in [2.05, 4.69) is 6.92 Å². The Kier molecular flexibility index (Phi) is 3.18. The quantitative estimate of drug-likeness (QED) is 0.629. The van der Waals surface area contributed by atoms with Crippen molar-refractivity contribution in [2.24, 2.45) is 0 Å². The molecule has 1 heteroatoms. The van der Waals surface area contributed by atoms with Crippen molar-refractivity contribution in [1.29, 1.82) is 0 Å². The smallest absolute Gasteiger partial charge is 0.0406 e. The maximum Gasteiger partial charge on any atom is 0.0406 e. The lowest BCUT2D eigenvalue weighted by atomic mass is 10.2. The van der Waals surface area contributed by atoms with Gasteiger partial charge in [0, 0.05) is 5.02 Å². The van der Waals surface area contributed by atoms with Gasteiger partial charge in [-0.25, -0.2) is 0 Å². The fourth-order valence-electron chi connectivity index (χ4n) is 0.793. The summed E-state index contributed by atoms with van der Waals surface area (Å²) in [6.07, 6.45) is 4.87. The van der Waals surface area contributed by atoms with Gasteiger partial charge in [-0.1, -0.05) is 35.9 Å². The highest BCUT2D eigenvalue weighted by molar-refractivity contribution is 6.30. The maximum atomic E-state index is 5.71. The third-order valence-electron chi connectivity index (χ3n) is 1.35. The standard InChI is InChI=1S/C10H10Cl/c1-2-3-4-9-5-7-10(11)8-6-9/h3-8H,1-2H2. The molecule has 0 aliphatic heterocycles. The Bertz CT molecular complexity index is 234. The first-order valence-corrected chi connectivity index (χ1v) is 3.92. The SMILES string of the molecule is [CH2]CC=Cc1ccc(Cl)cc1. The van der Waals surface area contributed by atoms with Crippen LogP contribution in [0.4, 0.5) is 0 Å². The highest BCUT2D eigenvalue weighted by Crippen LogP contribution is 2.10. The Balaban J connectivity index is 2.73. The fraction of sp³-hybridized carbons (Fsp3) is 0.100. The number of allylic oxidation sites excluding steroid dienone is 1. The number of hydrogen-bond acceptors (Lipinski definition) is 0. The van der Waals surface area contributed by atoms with E-state index in [-0.39, 0.29) is 0 Å². The molecule has 0 spiro atoms. The van der Waals surface area contributed by atoms with Crippen molar-refractivity contribution in [2.75, 3.05) is 0 Å². The molecule has 0 aliphatic carbocycles. The van der Waals surface area contributed by atoms with E-state index in [0.29, 0.717) is 0 Å². The van der Waals surface area contributed by atoms with E-state index in [9.17, 15) is 0 Å². The molecule has 57 valence electrons. The van der Waals surface area contributed by atoms with E-state index in [1.807, 2.05) is 36.4 Å². The van der Waals surface area contributed by atoms with Crippen LogP contribution in [-0.4, -0.2) is 0 Å². The normalized spacial score (nSPS) is 10.7. The summed E-state index contributed by atoms with van der Waals surface area (Å²) in [4.78, 5) is 0. The van der Waals surface area contributed by atoms with Gasteiger partial charge in [0.05, 0.1) is 0 Å². The molecule has 0 aromatic heterocycles. The van der Waals surface area contributed by atoms with Crippen LogP contribution in [0.3, 0.4) is 0 Å². The Labute approximate surface area is 72.5 Å². The Hall–Kier alpha value is -0.750. The highest BCUT2D eigenvalue weighted by atomic mass is 35.5. The van der Waals surface area contributed by atoms with E-state index in [1.165, 1.54) is 0 Å². The van der Waals surface area contributed by atoms with Gasteiger partial charge in [-0.05, 0) is 31.0 Å². The number of halogens is 1. The second-order valence-corrected chi connectivity index (χ2v) is 2.68. The summed E-state index contributed by atoms with van der Waals surface area (Å²) < 4.78 is 0. The van der Waals surface area contributed by atoms with E-state index in [1.54, 1.807) is 0 Å². The van der Waals surface area contributed by atoms with Gasteiger partial charge in [0.2, 0.25) is 0 Å². The first-order chi connectivity index (χ1) is 5.33. The molecule has 0 N–H and O–H groups in total. The molecule has 0 heterocycles. The van der Waals surface area contributed by atoms with Crippen molar-refractivity contribution in [3.63, 3.8) is 0 Å². The molecular formula is C10H10Cl. The lowest BCUT2D eigenvalue weighted by molar-refractivity contribution is 1.42. The third-order valence-corrected chi connectivity index (χ3v) is 1.60. The minimum Gasteiger partial charge on any atom is -0.0843 e. The molecule has 0 fully saturated rings. The van der Waals surface area contributed by atoms with Crippen LogP contribution >= 0.6 is 11.6 Å². The third kappa shape index (κ3) is 2.77. The van der Waals surface area contributed by atoms with Gasteiger partial charge < -0.3 is 0 Å². The van der Waals surface area contributed by atoms with Crippen LogP contribution < -0.4 is 0 Å². The Morgan fingerprint density at radius 3 is 2.45 bits per heavy atom. The van der Waals surface area contributed by atoms with E-state index in [0.717, 1.165) is 17.0 Å². The zero-order valence-electron chi connectivity index (χ0n) is 6.26. The molecule has 0 aliphatic rings. The summed E-state index contributed by atoms with van der Waals surface area (Å²) in [6.45, 7) is 3.71. The van der Waals surface area contributed by atoms with Crippen LogP contribution in [-0.2, 0) is 0 Å². The summed E-state index contributed by atoms with van der Waals surface area (Å²) in [5.41, 5.74) is 1.16. The molecule has 0 unspecified atom stereocenters. The predicted octanol–water partition coefficient (Wildman–Crippen LogP) is 3.58. The molecule has 0 saturated heterocycles. The molecule has 1 rings (SSSR count). The van der Waals surface area contributed by atoms with Gasteiger partial charge in [0.25, 0.3) is 0 Å². The van der Waals surface area contributed by atoms with Gasteiger partial charge in [-0.15, -0.1) is 0 Å². The zero-order valence-corrected chi connectivity index (χ0v) is 7.01. The summed E-state index contributed by atoms with van der Waals surface area (Å²) in [5.74, 6) is 0. The van der Waals surface area contributed by atoms with Crippen molar-refractivity contribution in [2.45, 2.75) is 6.42 Å². The van der Waals surface area contributed by atoms with Crippen LogP contribution in [0.5, 0.6) is 0 Å². The fourth-order valence-corrected chi connectivity index (χ4v) is 0.919. The average molecular weight is 166 g/mol. The van der Waals surface area contributed by atoms with Crippen molar-refractivity contribution >= 4 is 17.7 Å². The molecule has 0 amide bonds. The van der Waals surface area contributed by atoms with E-state index >= 15 is 0 Å². The zero-order chi connectivity index (χ0) is 8.10. The summed E-state index contributed by atoms with van der Waals surface area (Å²) in [5, 5.41) is 0.775. The second-order valence-electron chi connectivity index (χ2n) is 2.24. The number of hydrogen-bond donors (Lipinski definition) is 0.